The zero-order valence-electron chi connectivity index (χ0n) is 22.4. The van der Waals surface area contributed by atoms with Crippen molar-refractivity contribution in [1.29, 1.82) is 0 Å². The van der Waals surface area contributed by atoms with E-state index in [9.17, 15) is 24.0 Å². The molecule has 3 rings (SSSR count). The Morgan fingerprint density at radius 2 is 1.40 bits per heavy atom. The van der Waals surface area contributed by atoms with Gasteiger partial charge in [-0.05, 0) is 55.8 Å². The molecule has 0 saturated heterocycles. The summed E-state index contributed by atoms with van der Waals surface area (Å²) in [5, 5.41) is 3.10. The molecule has 15 heteroatoms. The van der Waals surface area contributed by atoms with Crippen LogP contribution in [0, 0.1) is 0 Å². The van der Waals surface area contributed by atoms with Gasteiger partial charge in [-0.1, -0.05) is 0 Å². The molecule has 1 aliphatic rings. The second-order valence-corrected chi connectivity index (χ2v) is 9.45. The number of benzene rings is 1. The second-order valence-electron chi connectivity index (χ2n) is 8.66. The molecule has 2 aromatic rings. The first-order chi connectivity index (χ1) is 18.9. The van der Waals surface area contributed by atoms with Crippen LogP contribution in [-0.2, 0) is 42.9 Å². The van der Waals surface area contributed by atoms with Gasteiger partial charge in [-0.2, -0.15) is 0 Å². The first-order valence-electron chi connectivity index (χ1n) is 12.2. The van der Waals surface area contributed by atoms with E-state index >= 15 is 0 Å². The highest BCUT2D eigenvalue weighted by atomic mass is 79.9. The van der Waals surface area contributed by atoms with Crippen molar-refractivity contribution in [2.24, 2.45) is 4.99 Å². The molecule has 1 aromatic heterocycles. The number of aliphatic imine (C=N–C) groups is 1. The van der Waals surface area contributed by atoms with Gasteiger partial charge in [-0.15, -0.1) is 0 Å². The summed E-state index contributed by atoms with van der Waals surface area (Å²) in [5.41, 5.74) is 1.91. The molecule has 40 heavy (non-hydrogen) atoms. The van der Waals surface area contributed by atoms with E-state index in [1.54, 1.807) is 24.5 Å². The topological polar surface area (TPSA) is 176 Å². The van der Waals surface area contributed by atoms with Crippen molar-refractivity contribution in [2.75, 3.05) is 18.4 Å². The Hall–Kier alpha value is -4.14. The minimum absolute atomic E-state index is 0.257. The van der Waals surface area contributed by atoms with Gasteiger partial charge in [0, 0.05) is 25.9 Å². The number of fused-ring (bicyclic) bond motifs is 1. The summed E-state index contributed by atoms with van der Waals surface area (Å²) < 4.78 is 20.5. The molecular weight excluding hydrogens is 594 g/mol. The summed E-state index contributed by atoms with van der Waals surface area (Å²) in [7, 11) is 0. The van der Waals surface area contributed by atoms with Crippen molar-refractivity contribution < 1.29 is 42.9 Å². The maximum absolute atomic E-state index is 13.1. The highest BCUT2D eigenvalue weighted by molar-refractivity contribution is 9.10. The molecule has 0 bridgehead atoms. The van der Waals surface area contributed by atoms with Crippen LogP contribution in [0.15, 0.2) is 34.0 Å². The molecule has 1 aromatic carbocycles. The number of amides is 1. The predicted molar refractivity (Wildman–Crippen MR) is 143 cm³/mol. The van der Waals surface area contributed by atoms with Gasteiger partial charge in [-0.3, -0.25) is 29.4 Å². The molecule has 0 fully saturated rings. The third-order valence-electron chi connectivity index (χ3n) is 5.50. The number of hydrogen-bond donors (Lipinski definition) is 1. The first-order valence-corrected chi connectivity index (χ1v) is 13.0. The fourth-order valence-electron chi connectivity index (χ4n) is 3.46. The molecule has 1 aliphatic heterocycles. The SMILES string of the molecule is CC(=O)OC(C)C(=O)OC(C)C(=O)OC(C)C(=O)OC(C)C(=O)N1CCN=C1Nc1ccc2nccnc2c1Br. The molecule has 1 N–H and O–H groups in total. The first kappa shape index (κ1) is 30.4. The van der Waals surface area contributed by atoms with Gasteiger partial charge < -0.3 is 24.3 Å². The lowest BCUT2D eigenvalue weighted by atomic mass is 10.2. The lowest BCUT2D eigenvalue weighted by molar-refractivity contribution is -0.183. The fourth-order valence-corrected chi connectivity index (χ4v) is 4.00. The van der Waals surface area contributed by atoms with E-state index in [-0.39, 0.29) is 12.5 Å². The number of aromatic nitrogens is 2. The predicted octanol–water partition coefficient (Wildman–Crippen LogP) is 1.75. The number of nitrogens with zero attached hydrogens (tertiary/aromatic N) is 4. The summed E-state index contributed by atoms with van der Waals surface area (Å²) >= 11 is 3.50. The highest BCUT2D eigenvalue weighted by Gasteiger charge is 2.33. The number of hydrogen-bond acceptors (Lipinski definition) is 13. The molecule has 0 aliphatic carbocycles. The van der Waals surface area contributed by atoms with Crippen LogP contribution >= 0.6 is 15.9 Å². The van der Waals surface area contributed by atoms with Crippen molar-refractivity contribution in [3.63, 3.8) is 0 Å². The number of carbonyl (C=O) groups is 5. The van der Waals surface area contributed by atoms with Gasteiger partial charge in [0.05, 0.1) is 22.2 Å². The molecule has 2 heterocycles. The molecule has 4 unspecified atom stereocenters. The van der Waals surface area contributed by atoms with Crippen molar-refractivity contribution in [2.45, 2.75) is 59.0 Å². The Morgan fingerprint density at radius 3 is 2.00 bits per heavy atom. The number of esters is 4. The van der Waals surface area contributed by atoms with Crippen LogP contribution < -0.4 is 5.32 Å². The van der Waals surface area contributed by atoms with E-state index in [0.717, 1.165) is 6.92 Å². The third kappa shape index (κ3) is 7.49. The van der Waals surface area contributed by atoms with Gasteiger partial charge in [0.15, 0.2) is 24.4 Å². The van der Waals surface area contributed by atoms with Gasteiger partial charge in [0.1, 0.15) is 5.52 Å². The molecular formula is C25H28BrN5O9. The summed E-state index contributed by atoms with van der Waals surface area (Å²) in [5.74, 6) is -3.96. The number of anilines is 1. The summed E-state index contributed by atoms with van der Waals surface area (Å²) in [4.78, 5) is 75.0. The van der Waals surface area contributed by atoms with E-state index in [0.29, 0.717) is 27.7 Å². The summed E-state index contributed by atoms with van der Waals surface area (Å²) in [6.45, 7) is 6.85. The minimum Gasteiger partial charge on any atom is -0.451 e. The van der Waals surface area contributed by atoms with E-state index in [1.807, 2.05) is 0 Å². The second kappa shape index (κ2) is 13.3. The summed E-state index contributed by atoms with van der Waals surface area (Å²) in [6.07, 6.45) is -2.12. The lowest BCUT2D eigenvalue weighted by Crippen LogP contribution is -2.45. The van der Waals surface area contributed by atoms with Gasteiger partial charge in [0.2, 0.25) is 5.96 Å². The van der Waals surface area contributed by atoms with Crippen molar-refractivity contribution in [3.8, 4) is 0 Å². The Bertz CT molecular complexity index is 1350. The molecule has 214 valence electrons. The number of nitrogens with one attached hydrogen (secondary N) is 1. The number of halogens is 1. The van der Waals surface area contributed by atoms with Crippen molar-refractivity contribution in [3.05, 3.63) is 29.0 Å². The zero-order valence-corrected chi connectivity index (χ0v) is 24.0. The van der Waals surface area contributed by atoms with Gasteiger partial charge in [0.25, 0.3) is 5.91 Å². The molecule has 14 nitrogen and oxygen atoms in total. The van der Waals surface area contributed by atoms with Crippen LogP contribution in [-0.4, -0.2) is 88.1 Å². The average Bonchev–Trinajstić information content (AvgIpc) is 3.37. The van der Waals surface area contributed by atoms with Crippen LogP contribution in [0.3, 0.4) is 0 Å². The van der Waals surface area contributed by atoms with Gasteiger partial charge in [-0.25, -0.2) is 14.4 Å². The number of ether oxygens (including phenoxy) is 4. The Balaban J connectivity index is 1.54. The lowest BCUT2D eigenvalue weighted by Gasteiger charge is -2.24. The largest absolute Gasteiger partial charge is 0.451 e. The highest BCUT2D eigenvalue weighted by Crippen LogP contribution is 2.29. The maximum atomic E-state index is 13.1. The molecule has 0 saturated carbocycles. The number of rotatable bonds is 9. The van der Waals surface area contributed by atoms with E-state index in [2.05, 4.69) is 40.9 Å². The van der Waals surface area contributed by atoms with Crippen LogP contribution in [0.1, 0.15) is 34.6 Å². The van der Waals surface area contributed by atoms with Crippen LogP contribution in [0.25, 0.3) is 11.0 Å². The summed E-state index contributed by atoms with van der Waals surface area (Å²) in [6, 6.07) is 3.53. The normalized spacial score (nSPS) is 15.8. The van der Waals surface area contributed by atoms with E-state index in [4.69, 9.17) is 14.2 Å². The Labute approximate surface area is 237 Å². The monoisotopic (exact) mass is 621 g/mol. The number of guanidine groups is 1. The molecule has 1 amide bonds. The van der Waals surface area contributed by atoms with Crippen molar-refractivity contribution >= 4 is 68.4 Å². The van der Waals surface area contributed by atoms with E-state index in [1.165, 1.54) is 32.6 Å². The Kier molecular flexibility index (Phi) is 10.1. The van der Waals surface area contributed by atoms with Crippen LogP contribution in [0.5, 0.6) is 0 Å². The fraction of sp³-hybridized carbons (Fsp3) is 0.440. The third-order valence-corrected chi connectivity index (χ3v) is 6.30. The van der Waals surface area contributed by atoms with Crippen LogP contribution in [0.4, 0.5) is 5.69 Å². The quantitative estimate of drug-likeness (QED) is 0.317. The molecule has 4 atom stereocenters. The smallest absolute Gasteiger partial charge is 0.347 e. The molecule has 0 spiro atoms. The standard InChI is InChI=1S/C25H28BrN5O9/c1-12(38-23(35)14(3)40-24(36)15(4)39-22(34)13(2)37-16(5)32)21(33)31-11-10-29-25(31)30-17-6-7-18-20(19(17)26)28-9-8-27-18/h6-9,12-15H,10-11H2,1-5H3,(H,29,30). The minimum atomic E-state index is -1.41. The van der Waals surface area contributed by atoms with Crippen LogP contribution in [0.2, 0.25) is 0 Å². The average molecular weight is 622 g/mol. The molecule has 0 radical (unpaired) electrons. The maximum Gasteiger partial charge on any atom is 0.347 e. The Morgan fingerprint density at radius 1 is 0.850 bits per heavy atom. The number of carbonyl (C=O) groups excluding carboxylic acids is 5. The zero-order chi connectivity index (χ0) is 29.6. The van der Waals surface area contributed by atoms with E-state index < -0.39 is 54.2 Å². The van der Waals surface area contributed by atoms with Gasteiger partial charge >= 0.3 is 23.9 Å². The van der Waals surface area contributed by atoms with Crippen molar-refractivity contribution in [1.82, 2.24) is 14.9 Å².